The zero-order valence-electron chi connectivity index (χ0n) is 16.2. The van der Waals surface area contributed by atoms with Crippen molar-refractivity contribution >= 4 is 11.6 Å². The molecule has 2 aliphatic rings. The lowest BCUT2D eigenvalue weighted by Crippen LogP contribution is -2.57. The van der Waals surface area contributed by atoms with Crippen LogP contribution >= 0.6 is 0 Å². The van der Waals surface area contributed by atoms with Gasteiger partial charge in [0.15, 0.2) is 0 Å². The first kappa shape index (κ1) is 19.1. The summed E-state index contributed by atoms with van der Waals surface area (Å²) in [4.78, 5) is 21.8. The van der Waals surface area contributed by atoms with Crippen molar-refractivity contribution in [1.82, 2.24) is 14.7 Å². The summed E-state index contributed by atoms with van der Waals surface area (Å²) >= 11 is 0. The molecule has 2 atom stereocenters. The van der Waals surface area contributed by atoms with Crippen molar-refractivity contribution < 1.29 is 9.18 Å². The quantitative estimate of drug-likeness (QED) is 0.818. The number of carbonyl (C=O) groups excluding carboxylic acids is 1. The molecule has 2 aliphatic heterocycles. The second-order valence-corrected chi connectivity index (χ2v) is 7.72. The van der Waals surface area contributed by atoms with E-state index in [2.05, 4.69) is 28.8 Å². The van der Waals surface area contributed by atoms with Gasteiger partial charge in [0, 0.05) is 51.0 Å². The van der Waals surface area contributed by atoms with Gasteiger partial charge in [-0.05, 0) is 58.1 Å². The number of carbonyl (C=O) groups is 1. The first-order valence-corrected chi connectivity index (χ1v) is 9.65. The Kier molecular flexibility index (Phi) is 6.14. The first-order chi connectivity index (χ1) is 12.5. The van der Waals surface area contributed by atoms with E-state index in [9.17, 15) is 9.18 Å². The highest BCUT2D eigenvalue weighted by molar-refractivity contribution is 5.81. The van der Waals surface area contributed by atoms with E-state index in [-0.39, 0.29) is 17.8 Å². The number of hydrogen-bond acceptors (Lipinski definition) is 4. The Morgan fingerprint density at radius 3 is 2.38 bits per heavy atom. The molecule has 144 valence electrons. The number of rotatable bonds is 4. The molecule has 0 bridgehead atoms. The van der Waals surface area contributed by atoms with Crippen molar-refractivity contribution in [3.63, 3.8) is 0 Å². The number of piperazine rings is 1. The zero-order chi connectivity index (χ0) is 18.7. The van der Waals surface area contributed by atoms with Gasteiger partial charge in [0.2, 0.25) is 5.91 Å². The lowest BCUT2D eigenvalue weighted by Gasteiger charge is -2.42. The largest absolute Gasteiger partial charge is 0.369 e. The molecule has 1 aromatic carbocycles. The number of amides is 1. The van der Waals surface area contributed by atoms with Crippen molar-refractivity contribution in [3.8, 4) is 0 Å². The Bertz CT molecular complexity index is 598. The molecular formula is C20H31FN4O. The average Bonchev–Trinajstić information content (AvgIpc) is 2.67. The third-order valence-corrected chi connectivity index (χ3v) is 5.85. The van der Waals surface area contributed by atoms with Crippen molar-refractivity contribution in [2.45, 2.75) is 31.8 Å². The number of halogens is 1. The minimum atomic E-state index is -0.204. The summed E-state index contributed by atoms with van der Waals surface area (Å²) in [7, 11) is 4.19. The van der Waals surface area contributed by atoms with Gasteiger partial charge in [-0.1, -0.05) is 0 Å². The third-order valence-electron chi connectivity index (χ3n) is 5.85. The van der Waals surface area contributed by atoms with Crippen LogP contribution in [0, 0.1) is 5.82 Å². The van der Waals surface area contributed by atoms with E-state index >= 15 is 0 Å². The topological polar surface area (TPSA) is 30.0 Å². The smallest absolute Gasteiger partial charge is 0.239 e. The van der Waals surface area contributed by atoms with Crippen LogP contribution in [0.4, 0.5) is 10.1 Å². The van der Waals surface area contributed by atoms with Crippen LogP contribution in [0.5, 0.6) is 0 Å². The van der Waals surface area contributed by atoms with E-state index in [0.717, 1.165) is 51.4 Å². The maximum Gasteiger partial charge on any atom is 0.239 e. The molecule has 1 amide bonds. The van der Waals surface area contributed by atoms with Crippen LogP contribution in [0.2, 0.25) is 0 Å². The van der Waals surface area contributed by atoms with Crippen molar-refractivity contribution in [2.24, 2.45) is 0 Å². The van der Waals surface area contributed by atoms with Gasteiger partial charge < -0.3 is 14.7 Å². The van der Waals surface area contributed by atoms with Crippen LogP contribution in [0.3, 0.4) is 0 Å². The number of benzene rings is 1. The third kappa shape index (κ3) is 4.35. The molecule has 0 aliphatic carbocycles. The molecule has 0 aromatic heterocycles. The molecule has 2 unspecified atom stereocenters. The molecule has 2 saturated heterocycles. The lowest BCUT2D eigenvalue weighted by molar-refractivity contribution is -0.138. The number of hydrogen-bond donors (Lipinski definition) is 0. The Balaban J connectivity index is 1.53. The Morgan fingerprint density at radius 1 is 1.12 bits per heavy atom. The Labute approximate surface area is 156 Å². The number of likely N-dealkylation sites (N-methyl/N-ethyl adjacent to an activating group) is 1. The first-order valence-electron chi connectivity index (χ1n) is 9.65. The fourth-order valence-electron chi connectivity index (χ4n) is 4.02. The van der Waals surface area contributed by atoms with Crippen LogP contribution in [-0.4, -0.2) is 86.1 Å². The van der Waals surface area contributed by atoms with Gasteiger partial charge in [-0.25, -0.2) is 4.39 Å². The Hall–Kier alpha value is -1.66. The highest BCUT2D eigenvalue weighted by Gasteiger charge is 2.31. The molecule has 3 rings (SSSR count). The number of nitrogens with zero attached hydrogens (tertiary/aromatic N) is 4. The predicted octanol–water partition coefficient (Wildman–Crippen LogP) is 1.89. The summed E-state index contributed by atoms with van der Waals surface area (Å²) in [5.74, 6) is 0.0518. The van der Waals surface area contributed by atoms with Gasteiger partial charge in [0.1, 0.15) is 5.82 Å². The van der Waals surface area contributed by atoms with Gasteiger partial charge in [-0.2, -0.15) is 0 Å². The van der Waals surface area contributed by atoms with E-state index in [1.165, 1.54) is 18.6 Å². The second kappa shape index (κ2) is 8.35. The summed E-state index contributed by atoms with van der Waals surface area (Å²) < 4.78 is 13.1. The van der Waals surface area contributed by atoms with Crippen molar-refractivity contribution in [3.05, 3.63) is 30.1 Å². The molecule has 0 saturated carbocycles. The highest BCUT2D eigenvalue weighted by Crippen LogP contribution is 2.20. The molecule has 1 aromatic rings. The summed E-state index contributed by atoms with van der Waals surface area (Å²) in [6.45, 7) is 7.20. The van der Waals surface area contributed by atoms with E-state index in [0.29, 0.717) is 6.04 Å². The summed E-state index contributed by atoms with van der Waals surface area (Å²) in [5.41, 5.74) is 1.05. The van der Waals surface area contributed by atoms with Crippen molar-refractivity contribution in [1.29, 1.82) is 0 Å². The average molecular weight is 362 g/mol. The number of piperidine rings is 1. The fourth-order valence-corrected chi connectivity index (χ4v) is 4.02. The van der Waals surface area contributed by atoms with Crippen molar-refractivity contribution in [2.75, 3.05) is 58.3 Å². The lowest BCUT2D eigenvalue weighted by atomic mass is 10.0. The van der Waals surface area contributed by atoms with E-state index in [1.807, 2.05) is 24.0 Å². The molecule has 5 nitrogen and oxygen atoms in total. The van der Waals surface area contributed by atoms with Gasteiger partial charge in [0.05, 0.1) is 6.04 Å². The molecule has 0 N–H and O–H groups in total. The van der Waals surface area contributed by atoms with E-state index in [4.69, 9.17) is 0 Å². The molecule has 0 spiro atoms. The van der Waals surface area contributed by atoms with Crippen LogP contribution in [0.1, 0.15) is 19.8 Å². The molecule has 2 fully saturated rings. The molecule has 2 heterocycles. The van der Waals surface area contributed by atoms with Gasteiger partial charge in [-0.15, -0.1) is 0 Å². The summed E-state index contributed by atoms with van der Waals surface area (Å²) in [6.07, 6.45) is 2.25. The maximum atomic E-state index is 13.1. The minimum absolute atomic E-state index is 0.0775. The van der Waals surface area contributed by atoms with Gasteiger partial charge >= 0.3 is 0 Å². The standard InChI is InChI=1S/C20H31FN4O/c1-16(20(26)25-10-4-5-19(15-25)22(2)3)23-11-13-24(14-12-23)18-8-6-17(21)7-9-18/h6-9,16,19H,4-5,10-15H2,1-3H3. The van der Waals surface area contributed by atoms with Crippen LogP contribution in [-0.2, 0) is 4.79 Å². The van der Waals surface area contributed by atoms with Gasteiger partial charge in [-0.3, -0.25) is 9.69 Å². The SMILES string of the molecule is CC(C(=O)N1CCCC(N(C)C)C1)N1CCN(c2ccc(F)cc2)CC1. The minimum Gasteiger partial charge on any atom is -0.369 e. The molecule has 0 radical (unpaired) electrons. The summed E-state index contributed by atoms with van der Waals surface area (Å²) in [6, 6.07) is 7.06. The monoisotopic (exact) mass is 362 g/mol. The Morgan fingerprint density at radius 2 is 1.77 bits per heavy atom. The number of anilines is 1. The van der Waals surface area contributed by atoms with Crippen LogP contribution in [0.25, 0.3) is 0 Å². The molecule has 26 heavy (non-hydrogen) atoms. The maximum absolute atomic E-state index is 13.1. The van der Waals surface area contributed by atoms with Crippen LogP contribution < -0.4 is 4.90 Å². The fraction of sp³-hybridized carbons (Fsp3) is 0.650. The van der Waals surface area contributed by atoms with Gasteiger partial charge in [0.25, 0.3) is 0 Å². The van der Waals surface area contributed by atoms with E-state index in [1.54, 1.807) is 0 Å². The number of likely N-dealkylation sites (tertiary alicyclic amines) is 1. The van der Waals surface area contributed by atoms with Crippen LogP contribution in [0.15, 0.2) is 24.3 Å². The second-order valence-electron chi connectivity index (χ2n) is 7.72. The predicted molar refractivity (Wildman–Crippen MR) is 103 cm³/mol. The zero-order valence-corrected chi connectivity index (χ0v) is 16.2. The van der Waals surface area contributed by atoms with E-state index < -0.39 is 0 Å². The summed E-state index contributed by atoms with van der Waals surface area (Å²) in [5, 5.41) is 0. The molecular weight excluding hydrogens is 331 g/mol. The normalized spacial score (nSPS) is 23.3. The highest BCUT2D eigenvalue weighted by atomic mass is 19.1. The molecule has 6 heteroatoms.